The topological polar surface area (TPSA) is 74.9 Å². The van der Waals surface area contributed by atoms with Crippen LogP contribution in [0, 0.1) is 0 Å². The minimum Gasteiger partial charge on any atom is -0.462 e. The summed E-state index contributed by atoms with van der Waals surface area (Å²) in [6.45, 7) is 6.30. The fourth-order valence-corrected chi connectivity index (χ4v) is 3.96. The second-order valence-electron chi connectivity index (χ2n) is 7.29. The fourth-order valence-electron chi connectivity index (χ4n) is 3.96. The summed E-state index contributed by atoms with van der Waals surface area (Å²) in [5, 5.41) is 9.15. The number of aromatic nitrogens is 2. The van der Waals surface area contributed by atoms with Gasteiger partial charge in [-0.2, -0.15) is 0 Å². The van der Waals surface area contributed by atoms with Gasteiger partial charge in [-0.05, 0) is 25.0 Å². The van der Waals surface area contributed by atoms with Crippen LogP contribution in [-0.4, -0.2) is 63.3 Å². The molecule has 0 atom stereocenters. The van der Waals surface area contributed by atoms with Gasteiger partial charge in [-0.3, -0.25) is 9.80 Å². The Morgan fingerprint density at radius 2 is 1.77 bits per heavy atom. The number of aliphatic hydroxyl groups is 1. The van der Waals surface area contributed by atoms with Gasteiger partial charge in [-0.15, -0.1) is 0 Å². The molecule has 2 aromatic heterocycles. The van der Waals surface area contributed by atoms with Gasteiger partial charge in [0.05, 0.1) is 18.8 Å². The Hall–Kier alpha value is -1.80. The molecule has 0 radical (unpaired) electrons. The molecule has 4 heterocycles. The summed E-state index contributed by atoms with van der Waals surface area (Å²) in [7, 11) is 0. The maximum atomic E-state index is 9.15. The number of piperidine rings is 1. The molecule has 1 spiro atoms. The Morgan fingerprint density at radius 1 is 1.00 bits per heavy atom. The lowest BCUT2D eigenvalue weighted by Crippen LogP contribution is -2.56. The van der Waals surface area contributed by atoms with Crippen LogP contribution in [0.3, 0.4) is 0 Å². The smallest absolute Gasteiger partial charge is 0.129 e. The zero-order valence-electron chi connectivity index (χ0n) is 15.0. The van der Waals surface area contributed by atoms with E-state index in [0.29, 0.717) is 5.76 Å². The summed E-state index contributed by atoms with van der Waals surface area (Å²) >= 11 is 0. The van der Waals surface area contributed by atoms with Gasteiger partial charge in [0.2, 0.25) is 0 Å². The van der Waals surface area contributed by atoms with Crippen LogP contribution in [-0.2, 0) is 24.4 Å². The van der Waals surface area contributed by atoms with Crippen LogP contribution >= 0.6 is 0 Å². The molecule has 0 unspecified atom stereocenters. The largest absolute Gasteiger partial charge is 0.462 e. The van der Waals surface area contributed by atoms with Gasteiger partial charge in [0, 0.05) is 50.7 Å². The molecular weight excluding hydrogens is 332 g/mol. The highest BCUT2D eigenvalue weighted by Gasteiger charge is 2.39. The third kappa shape index (κ3) is 4.12. The summed E-state index contributed by atoms with van der Waals surface area (Å²) < 4.78 is 11.9. The second kappa shape index (κ2) is 7.84. The molecule has 2 aliphatic rings. The standard InChI is InChI=1S/C19H26N4O3/c24-13-18-2-1-17(26-18)12-23-7-8-25-19(14-23)3-5-22(6-4-19)11-16-9-20-15-21-10-16/h1-2,9-10,15,24H,3-8,11-14H2. The van der Waals surface area contributed by atoms with E-state index >= 15 is 0 Å². The van der Waals surface area contributed by atoms with Crippen LogP contribution < -0.4 is 0 Å². The first kappa shape index (κ1) is 17.6. The van der Waals surface area contributed by atoms with Crippen molar-refractivity contribution in [2.45, 2.75) is 38.1 Å². The Balaban J connectivity index is 1.31. The van der Waals surface area contributed by atoms with Crippen molar-refractivity contribution in [3.05, 3.63) is 47.9 Å². The Labute approximate surface area is 153 Å². The maximum absolute atomic E-state index is 9.15. The van der Waals surface area contributed by atoms with Gasteiger partial charge in [0.1, 0.15) is 24.5 Å². The average molecular weight is 358 g/mol. The number of furan rings is 1. The molecule has 0 aromatic carbocycles. The summed E-state index contributed by atoms with van der Waals surface area (Å²) in [4.78, 5) is 13.1. The zero-order valence-corrected chi connectivity index (χ0v) is 15.0. The molecule has 0 amide bonds. The second-order valence-corrected chi connectivity index (χ2v) is 7.29. The zero-order chi connectivity index (χ0) is 17.8. The first-order valence-corrected chi connectivity index (χ1v) is 9.26. The maximum Gasteiger partial charge on any atom is 0.129 e. The Kier molecular flexibility index (Phi) is 5.31. The van der Waals surface area contributed by atoms with E-state index in [-0.39, 0.29) is 12.2 Å². The van der Waals surface area contributed by atoms with Crippen molar-refractivity contribution < 1.29 is 14.3 Å². The number of aliphatic hydroxyl groups excluding tert-OH is 1. The third-order valence-electron chi connectivity index (χ3n) is 5.37. The van der Waals surface area contributed by atoms with E-state index in [2.05, 4.69) is 19.8 Å². The molecule has 0 aliphatic carbocycles. The van der Waals surface area contributed by atoms with Crippen molar-refractivity contribution in [1.29, 1.82) is 0 Å². The van der Waals surface area contributed by atoms with Crippen LogP contribution in [0.2, 0.25) is 0 Å². The molecular formula is C19H26N4O3. The normalized spacial score (nSPS) is 21.3. The van der Waals surface area contributed by atoms with E-state index in [1.54, 1.807) is 6.33 Å². The SMILES string of the molecule is OCc1ccc(CN2CCOC3(CCN(Cc4cncnc4)CC3)C2)o1. The van der Waals surface area contributed by atoms with E-state index in [1.165, 1.54) is 0 Å². The first-order chi connectivity index (χ1) is 12.7. The van der Waals surface area contributed by atoms with Crippen LogP contribution in [0.5, 0.6) is 0 Å². The van der Waals surface area contributed by atoms with Gasteiger partial charge in [-0.25, -0.2) is 9.97 Å². The summed E-state index contributed by atoms with van der Waals surface area (Å²) in [5.74, 6) is 1.54. The number of rotatable bonds is 5. The van der Waals surface area contributed by atoms with Gasteiger partial charge in [-0.1, -0.05) is 0 Å². The number of ether oxygens (including phenoxy) is 1. The lowest BCUT2D eigenvalue weighted by atomic mass is 9.89. The van der Waals surface area contributed by atoms with Crippen molar-refractivity contribution in [3.63, 3.8) is 0 Å². The van der Waals surface area contributed by atoms with Gasteiger partial charge in [0.15, 0.2) is 0 Å². The molecule has 26 heavy (non-hydrogen) atoms. The van der Waals surface area contributed by atoms with Gasteiger partial charge < -0.3 is 14.3 Å². The molecule has 4 rings (SSSR count). The van der Waals surface area contributed by atoms with E-state index in [4.69, 9.17) is 14.3 Å². The molecule has 2 fully saturated rings. The molecule has 2 aliphatic heterocycles. The average Bonchev–Trinajstić information content (AvgIpc) is 3.12. The molecule has 2 saturated heterocycles. The minimum atomic E-state index is -0.0473. The molecule has 1 N–H and O–H groups in total. The van der Waals surface area contributed by atoms with Crippen molar-refractivity contribution >= 4 is 0 Å². The number of morpholine rings is 1. The molecule has 7 nitrogen and oxygen atoms in total. The van der Waals surface area contributed by atoms with Crippen molar-refractivity contribution in [3.8, 4) is 0 Å². The van der Waals surface area contributed by atoms with Crippen LogP contribution in [0.15, 0.2) is 35.3 Å². The van der Waals surface area contributed by atoms with E-state index in [1.807, 2.05) is 24.5 Å². The number of nitrogens with zero attached hydrogens (tertiary/aromatic N) is 4. The quantitative estimate of drug-likeness (QED) is 0.866. The lowest BCUT2D eigenvalue weighted by Gasteiger charge is -2.47. The Bertz CT molecular complexity index is 698. The van der Waals surface area contributed by atoms with Gasteiger partial charge >= 0.3 is 0 Å². The van der Waals surface area contributed by atoms with Crippen molar-refractivity contribution in [2.75, 3.05) is 32.8 Å². The highest BCUT2D eigenvalue weighted by atomic mass is 16.5. The van der Waals surface area contributed by atoms with Crippen LogP contribution in [0.4, 0.5) is 0 Å². The Morgan fingerprint density at radius 3 is 2.50 bits per heavy atom. The van der Waals surface area contributed by atoms with E-state index in [0.717, 1.165) is 70.0 Å². The third-order valence-corrected chi connectivity index (χ3v) is 5.37. The molecule has 7 heteroatoms. The number of hydrogen-bond donors (Lipinski definition) is 1. The van der Waals surface area contributed by atoms with Crippen LogP contribution in [0.25, 0.3) is 0 Å². The highest BCUT2D eigenvalue weighted by Crippen LogP contribution is 2.31. The number of likely N-dealkylation sites (tertiary alicyclic amines) is 1. The monoisotopic (exact) mass is 358 g/mol. The fraction of sp³-hybridized carbons (Fsp3) is 0.579. The van der Waals surface area contributed by atoms with Gasteiger partial charge in [0.25, 0.3) is 0 Å². The van der Waals surface area contributed by atoms with Crippen LogP contribution in [0.1, 0.15) is 29.9 Å². The predicted octanol–water partition coefficient (Wildman–Crippen LogP) is 1.43. The first-order valence-electron chi connectivity index (χ1n) is 9.26. The predicted molar refractivity (Wildman–Crippen MR) is 95.1 cm³/mol. The minimum absolute atomic E-state index is 0.0463. The molecule has 0 bridgehead atoms. The van der Waals surface area contributed by atoms with Crippen molar-refractivity contribution in [1.82, 2.24) is 19.8 Å². The molecule has 0 saturated carbocycles. The summed E-state index contributed by atoms with van der Waals surface area (Å²) in [5.41, 5.74) is 1.11. The summed E-state index contributed by atoms with van der Waals surface area (Å²) in [6.07, 6.45) is 7.43. The molecule has 2 aromatic rings. The number of hydrogen-bond acceptors (Lipinski definition) is 7. The van der Waals surface area contributed by atoms with Crippen molar-refractivity contribution in [2.24, 2.45) is 0 Å². The highest BCUT2D eigenvalue weighted by molar-refractivity contribution is 5.07. The van der Waals surface area contributed by atoms with E-state index < -0.39 is 0 Å². The molecule has 140 valence electrons. The summed E-state index contributed by atoms with van der Waals surface area (Å²) in [6, 6.07) is 3.80. The lowest BCUT2D eigenvalue weighted by molar-refractivity contribution is -0.139. The van der Waals surface area contributed by atoms with E-state index in [9.17, 15) is 0 Å².